The molecule has 6 rings (SSSR count). The van der Waals surface area contributed by atoms with Crippen molar-refractivity contribution in [3.8, 4) is 11.1 Å². The van der Waals surface area contributed by atoms with Crippen LogP contribution in [0.4, 0.5) is 0 Å². The molecule has 2 aliphatic carbocycles. The third-order valence-electron chi connectivity index (χ3n) is 9.71. The van der Waals surface area contributed by atoms with Crippen LogP contribution in [0.2, 0.25) is 0 Å². The van der Waals surface area contributed by atoms with Crippen LogP contribution in [0, 0.1) is 0 Å². The van der Waals surface area contributed by atoms with Crippen molar-refractivity contribution in [2.24, 2.45) is 0 Å². The molecule has 4 aliphatic rings. The molecule has 2 saturated heterocycles. The van der Waals surface area contributed by atoms with Gasteiger partial charge in [0.05, 0.1) is 6.10 Å². The number of carbonyl (C=O) groups excluding carboxylic acids is 1. The van der Waals surface area contributed by atoms with Crippen molar-refractivity contribution in [2.45, 2.75) is 65.0 Å². The summed E-state index contributed by atoms with van der Waals surface area (Å²) in [6.07, 6.45) is 15.5. The monoisotopic (exact) mass is 593 g/mol. The van der Waals surface area contributed by atoms with E-state index in [-0.39, 0.29) is 12.0 Å². The molecule has 1 amide bonds. The van der Waals surface area contributed by atoms with Crippen LogP contribution in [0.5, 0.6) is 0 Å². The molecule has 3 heterocycles. The summed E-state index contributed by atoms with van der Waals surface area (Å²) in [7, 11) is 2.18. The van der Waals surface area contributed by atoms with Gasteiger partial charge < -0.3 is 20.2 Å². The number of allylic oxidation sites excluding steroid dienone is 5. The first-order valence-corrected chi connectivity index (χ1v) is 16.3. The molecule has 1 aromatic heterocycles. The third-order valence-corrected chi connectivity index (χ3v) is 9.71. The molecule has 44 heavy (non-hydrogen) atoms. The molecule has 0 bridgehead atoms. The number of carbonyl (C=O) groups is 1. The zero-order valence-corrected chi connectivity index (χ0v) is 26.6. The lowest BCUT2D eigenvalue weighted by atomic mass is 9.92. The molecule has 7 nitrogen and oxygen atoms in total. The van der Waals surface area contributed by atoms with Crippen LogP contribution < -0.4 is 5.32 Å². The first kappa shape index (κ1) is 30.5. The van der Waals surface area contributed by atoms with Gasteiger partial charge in [-0.05, 0) is 112 Å². The number of piperazine rings is 1. The summed E-state index contributed by atoms with van der Waals surface area (Å²) >= 11 is 0. The average Bonchev–Trinajstić information content (AvgIpc) is 3.31. The number of aliphatic hydroxyl groups excluding tert-OH is 1. The SMILES string of the molecule is CC1=C(C(=O)NC2=CCC(C)=C(N3CCN(C)CC3)C=C2)c2cc(-c3cncc(CN4CCC(O)CC4)c3)ccc2CCC1. The molecule has 0 atom stereocenters. The number of hydrogen-bond acceptors (Lipinski definition) is 6. The normalized spacial score (nSPS) is 20.7. The summed E-state index contributed by atoms with van der Waals surface area (Å²) in [6.45, 7) is 11.2. The maximum Gasteiger partial charge on any atom is 0.256 e. The van der Waals surface area contributed by atoms with Gasteiger partial charge in [0, 0.05) is 80.7 Å². The van der Waals surface area contributed by atoms with E-state index in [4.69, 9.17) is 0 Å². The minimum atomic E-state index is -0.173. The van der Waals surface area contributed by atoms with E-state index >= 15 is 0 Å². The first-order chi connectivity index (χ1) is 21.3. The van der Waals surface area contributed by atoms with Crippen LogP contribution in [-0.4, -0.2) is 83.1 Å². The van der Waals surface area contributed by atoms with Gasteiger partial charge >= 0.3 is 0 Å². The Balaban J connectivity index is 1.21. The fourth-order valence-electron chi connectivity index (χ4n) is 6.94. The van der Waals surface area contributed by atoms with E-state index < -0.39 is 0 Å². The lowest BCUT2D eigenvalue weighted by molar-refractivity contribution is -0.114. The van der Waals surface area contributed by atoms with Gasteiger partial charge in [0.1, 0.15) is 0 Å². The maximum absolute atomic E-state index is 14.0. The van der Waals surface area contributed by atoms with Crippen molar-refractivity contribution in [2.75, 3.05) is 46.3 Å². The van der Waals surface area contributed by atoms with Crippen LogP contribution in [0.3, 0.4) is 0 Å². The molecule has 0 unspecified atom stereocenters. The largest absolute Gasteiger partial charge is 0.393 e. The van der Waals surface area contributed by atoms with E-state index in [9.17, 15) is 9.90 Å². The Hall–Kier alpha value is -3.52. The van der Waals surface area contributed by atoms with Gasteiger partial charge in [-0.25, -0.2) is 0 Å². The molecule has 0 spiro atoms. The van der Waals surface area contributed by atoms with Gasteiger partial charge in [-0.15, -0.1) is 0 Å². The minimum Gasteiger partial charge on any atom is -0.393 e. The molecule has 2 aromatic rings. The number of likely N-dealkylation sites (tertiary alicyclic amines) is 1. The lowest BCUT2D eigenvalue weighted by Crippen LogP contribution is -2.43. The number of nitrogens with one attached hydrogen (secondary N) is 1. The fourth-order valence-corrected chi connectivity index (χ4v) is 6.94. The molecular weight excluding hydrogens is 546 g/mol. The van der Waals surface area contributed by atoms with Gasteiger partial charge in [0.15, 0.2) is 0 Å². The number of aliphatic hydroxyl groups is 1. The highest BCUT2D eigenvalue weighted by molar-refractivity contribution is 6.21. The van der Waals surface area contributed by atoms with Crippen molar-refractivity contribution < 1.29 is 9.90 Å². The maximum atomic E-state index is 14.0. The Labute approximate surface area is 262 Å². The Bertz CT molecular complexity index is 1500. The smallest absolute Gasteiger partial charge is 0.256 e. The molecule has 2 aliphatic heterocycles. The first-order valence-electron chi connectivity index (χ1n) is 16.3. The Morgan fingerprint density at radius 3 is 2.55 bits per heavy atom. The summed E-state index contributed by atoms with van der Waals surface area (Å²) < 4.78 is 0. The van der Waals surface area contributed by atoms with Gasteiger partial charge in [0.2, 0.25) is 0 Å². The zero-order valence-electron chi connectivity index (χ0n) is 26.6. The van der Waals surface area contributed by atoms with Crippen LogP contribution in [0.1, 0.15) is 62.6 Å². The summed E-state index contributed by atoms with van der Waals surface area (Å²) in [5.74, 6) is -0.0291. The Morgan fingerprint density at radius 1 is 0.955 bits per heavy atom. The second kappa shape index (κ2) is 13.6. The van der Waals surface area contributed by atoms with Crippen molar-refractivity contribution in [3.05, 3.63) is 94.1 Å². The molecule has 1 aromatic carbocycles. The molecule has 0 saturated carbocycles. The predicted octanol–water partition coefficient (Wildman–Crippen LogP) is 5.30. The number of amides is 1. The second-order valence-electron chi connectivity index (χ2n) is 13.1. The molecular formula is C37H47N5O2. The topological polar surface area (TPSA) is 71.9 Å². The van der Waals surface area contributed by atoms with E-state index in [1.807, 2.05) is 12.4 Å². The van der Waals surface area contributed by atoms with Crippen molar-refractivity contribution in [3.63, 3.8) is 0 Å². The van der Waals surface area contributed by atoms with Crippen molar-refractivity contribution >= 4 is 11.5 Å². The highest BCUT2D eigenvalue weighted by Crippen LogP contribution is 2.34. The van der Waals surface area contributed by atoms with Gasteiger partial charge in [-0.2, -0.15) is 0 Å². The number of nitrogens with zero attached hydrogens (tertiary/aromatic N) is 4. The number of pyridine rings is 1. The molecule has 7 heteroatoms. The Kier molecular flexibility index (Phi) is 9.45. The van der Waals surface area contributed by atoms with Crippen LogP contribution in [0.15, 0.2) is 77.4 Å². The van der Waals surface area contributed by atoms with Crippen LogP contribution in [-0.2, 0) is 17.8 Å². The second-order valence-corrected chi connectivity index (χ2v) is 13.1. The molecule has 2 N–H and O–H groups in total. The summed E-state index contributed by atoms with van der Waals surface area (Å²) in [5.41, 5.74) is 11.0. The number of hydrogen-bond donors (Lipinski definition) is 2. The number of benzene rings is 1. The highest BCUT2D eigenvalue weighted by Gasteiger charge is 2.24. The average molecular weight is 594 g/mol. The molecule has 232 valence electrons. The zero-order chi connectivity index (χ0) is 30.6. The quantitative estimate of drug-likeness (QED) is 0.474. The van der Waals surface area contributed by atoms with E-state index in [1.54, 1.807) is 0 Å². The van der Waals surface area contributed by atoms with Crippen molar-refractivity contribution in [1.29, 1.82) is 0 Å². The van der Waals surface area contributed by atoms with Crippen LogP contribution in [0.25, 0.3) is 16.7 Å². The fraction of sp³-hybridized carbons (Fsp3) is 0.459. The highest BCUT2D eigenvalue weighted by atomic mass is 16.3. The molecule has 0 radical (unpaired) electrons. The van der Waals surface area contributed by atoms with Gasteiger partial charge in [-0.1, -0.05) is 23.8 Å². The van der Waals surface area contributed by atoms with Gasteiger partial charge in [0.25, 0.3) is 5.91 Å². The number of aryl methyl sites for hydroxylation is 1. The standard InChI is InChI=1S/C37H47N5O2/c1-26-7-10-32(11-12-35(26)42-19-17-40(3)18-20-42)39-37(44)36-27(2)5-4-6-29-8-9-30(22-34(29)36)31-21-28(23-38-24-31)25-41-15-13-33(43)14-16-41/h8-12,21-24,33,43H,4-7,13-20,25H2,1-3H3,(H,39,44). The lowest BCUT2D eigenvalue weighted by Gasteiger charge is -2.35. The van der Waals surface area contributed by atoms with E-state index in [0.717, 1.165) is 118 Å². The predicted molar refractivity (Wildman–Crippen MR) is 177 cm³/mol. The third kappa shape index (κ3) is 7.06. The van der Waals surface area contributed by atoms with E-state index in [1.165, 1.54) is 22.4 Å². The Morgan fingerprint density at radius 2 is 1.75 bits per heavy atom. The van der Waals surface area contributed by atoms with Gasteiger partial charge in [-0.3, -0.25) is 14.7 Å². The number of likely N-dealkylation sites (N-methyl/N-ethyl adjacent to an activating group) is 1. The number of fused-ring (bicyclic) bond motifs is 1. The summed E-state index contributed by atoms with van der Waals surface area (Å²) in [6, 6.07) is 8.81. The number of aromatic nitrogens is 1. The summed E-state index contributed by atoms with van der Waals surface area (Å²) in [4.78, 5) is 25.9. The molecule has 2 fully saturated rings. The number of piperidine rings is 1. The van der Waals surface area contributed by atoms with E-state index in [2.05, 4.69) is 88.4 Å². The van der Waals surface area contributed by atoms with Crippen LogP contribution >= 0.6 is 0 Å². The van der Waals surface area contributed by atoms with Crippen molar-refractivity contribution in [1.82, 2.24) is 25.0 Å². The number of rotatable bonds is 6. The minimum absolute atomic E-state index is 0.0291. The summed E-state index contributed by atoms with van der Waals surface area (Å²) in [5, 5.41) is 13.2. The van der Waals surface area contributed by atoms with E-state index in [0.29, 0.717) is 0 Å².